The van der Waals surface area contributed by atoms with Crippen LogP contribution in [0.1, 0.15) is 18.4 Å². The molecular formula is C12H18N2O. The van der Waals surface area contributed by atoms with Gasteiger partial charge in [0.25, 0.3) is 0 Å². The zero-order valence-corrected chi connectivity index (χ0v) is 9.12. The van der Waals surface area contributed by atoms with Gasteiger partial charge in [0.15, 0.2) is 0 Å². The lowest BCUT2D eigenvalue weighted by molar-refractivity contribution is 0.0904. The van der Waals surface area contributed by atoms with Gasteiger partial charge in [-0.25, -0.2) is 0 Å². The van der Waals surface area contributed by atoms with Crippen molar-refractivity contribution in [1.82, 2.24) is 0 Å². The summed E-state index contributed by atoms with van der Waals surface area (Å²) >= 11 is 0. The van der Waals surface area contributed by atoms with E-state index in [1.807, 2.05) is 12.1 Å². The average molecular weight is 206 g/mol. The van der Waals surface area contributed by atoms with Crippen LogP contribution in [-0.4, -0.2) is 19.3 Å². The Morgan fingerprint density at radius 2 is 2.07 bits per heavy atom. The van der Waals surface area contributed by atoms with Crippen LogP contribution in [0.5, 0.6) is 0 Å². The van der Waals surface area contributed by atoms with Crippen molar-refractivity contribution >= 4 is 11.4 Å². The summed E-state index contributed by atoms with van der Waals surface area (Å²) in [6, 6.07) is 6.59. The minimum atomic E-state index is 0.503. The number of nitrogens with two attached hydrogens (primary N) is 1. The van der Waals surface area contributed by atoms with Gasteiger partial charge >= 0.3 is 0 Å². The minimum absolute atomic E-state index is 0.503. The molecule has 1 aliphatic rings. The second kappa shape index (κ2) is 4.53. The molecule has 1 fully saturated rings. The monoisotopic (exact) mass is 206 g/mol. The normalized spacial score (nSPS) is 17.7. The van der Waals surface area contributed by atoms with Crippen molar-refractivity contribution in [2.75, 3.05) is 24.3 Å². The largest absolute Gasteiger partial charge is 0.397 e. The molecule has 1 heterocycles. The molecule has 0 saturated carbocycles. The summed E-state index contributed by atoms with van der Waals surface area (Å²) < 4.78 is 5.32. The van der Waals surface area contributed by atoms with E-state index in [-0.39, 0.29) is 0 Å². The Bertz CT molecular complexity index is 332. The number of benzene rings is 1. The van der Waals surface area contributed by atoms with Crippen LogP contribution >= 0.6 is 0 Å². The number of aryl methyl sites for hydroxylation is 1. The quantitative estimate of drug-likeness (QED) is 0.729. The Hall–Kier alpha value is -1.22. The van der Waals surface area contributed by atoms with E-state index < -0.39 is 0 Å². The third kappa shape index (κ3) is 2.63. The van der Waals surface area contributed by atoms with Gasteiger partial charge in [0.2, 0.25) is 0 Å². The summed E-state index contributed by atoms with van der Waals surface area (Å²) in [5.41, 5.74) is 9.03. The summed E-state index contributed by atoms with van der Waals surface area (Å²) in [5.74, 6) is 0. The van der Waals surface area contributed by atoms with Crippen LogP contribution < -0.4 is 11.1 Å². The first-order chi connectivity index (χ1) is 7.25. The summed E-state index contributed by atoms with van der Waals surface area (Å²) in [4.78, 5) is 0. The average Bonchev–Trinajstić information content (AvgIpc) is 2.25. The number of nitrogens with one attached hydrogen (secondary N) is 1. The van der Waals surface area contributed by atoms with Crippen molar-refractivity contribution in [3.63, 3.8) is 0 Å². The lowest BCUT2D eigenvalue weighted by atomic mass is 10.1. The Morgan fingerprint density at radius 1 is 1.33 bits per heavy atom. The van der Waals surface area contributed by atoms with E-state index in [1.165, 1.54) is 5.56 Å². The maximum Gasteiger partial charge on any atom is 0.0578 e. The van der Waals surface area contributed by atoms with Crippen molar-refractivity contribution in [2.45, 2.75) is 25.8 Å². The standard InChI is InChI=1S/C12H18N2O/c1-9-2-3-11(13)12(8-9)14-10-4-6-15-7-5-10/h2-3,8,10,14H,4-7,13H2,1H3. The highest BCUT2D eigenvalue weighted by Gasteiger charge is 2.14. The van der Waals surface area contributed by atoms with Crippen molar-refractivity contribution in [3.05, 3.63) is 23.8 Å². The summed E-state index contributed by atoms with van der Waals surface area (Å²) in [6.45, 7) is 3.78. The molecule has 1 aliphatic heterocycles. The highest BCUT2D eigenvalue weighted by Crippen LogP contribution is 2.22. The lowest BCUT2D eigenvalue weighted by Gasteiger charge is -2.25. The molecule has 1 saturated heterocycles. The molecule has 0 aromatic heterocycles. The maximum absolute atomic E-state index is 5.91. The van der Waals surface area contributed by atoms with Gasteiger partial charge in [0.1, 0.15) is 0 Å². The Kier molecular flexibility index (Phi) is 3.11. The van der Waals surface area contributed by atoms with Crippen molar-refractivity contribution in [1.29, 1.82) is 0 Å². The molecule has 3 nitrogen and oxygen atoms in total. The van der Waals surface area contributed by atoms with Crippen LogP contribution in [0.2, 0.25) is 0 Å². The topological polar surface area (TPSA) is 47.3 Å². The Morgan fingerprint density at radius 3 is 2.80 bits per heavy atom. The van der Waals surface area contributed by atoms with E-state index in [1.54, 1.807) is 0 Å². The molecule has 2 rings (SSSR count). The first kappa shape index (κ1) is 10.3. The third-order valence-electron chi connectivity index (χ3n) is 2.79. The molecule has 1 aromatic carbocycles. The molecule has 15 heavy (non-hydrogen) atoms. The first-order valence-corrected chi connectivity index (χ1v) is 5.46. The number of hydrogen-bond donors (Lipinski definition) is 2. The van der Waals surface area contributed by atoms with Crippen molar-refractivity contribution < 1.29 is 4.74 Å². The predicted octanol–water partition coefficient (Wildman–Crippen LogP) is 2.17. The second-order valence-corrected chi connectivity index (χ2v) is 4.12. The Labute approximate surface area is 90.6 Å². The molecule has 3 N–H and O–H groups in total. The maximum atomic E-state index is 5.91. The number of ether oxygens (including phenoxy) is 1. The predicted molar refractivity (Wildman–Crippen MR) is 63.1 cm³/mol. The number of anilines is 2. The molecule has 82 valence electrons. The van der Waals surface area contributed by atoms with Gasteiger partial charge in [-0.3, -0.25) is 0 Å². The van der Waals surface area contributed by atoms with Crippen LogP contribution in [0.25, 0.3) is 0 Å². The van der Waals surface area contributed by atoms with Crippen molar-refractivity contribution in [3.8, 4) is 0 Å². The van der Waals surface area contributed by atoms with Crippen LogP contribution in [0, 0.1) is 6.92 Å². The highest BCUT2D eigenvalue weighted by atomic mass is 16.5. The molecule has 3 heteroatoms. The first-order valence-electron chi connectivity index (χ1n) is 5.46. The van der Waals surface area contributed by atoms with E-state index in [9.17, 15) is 0 Å². The zero-order valence-electron chi connectivity index (χ0n) is 9.12. The SMILES string of the molecule is Cc1ccc(N)c(NC2CCOCC2)c1. The summed E-state index contributed by atoms with van der Waals surface area (Å²) in [5, 5.41) is 3.48. The van der Waals surface area contributed by atoms with E-state index >= 15 is 0 Å². The molecule has 0 radical (unpaired) electrons. The van der Waals surface area contributed by atoms with E-state index in [4.69, 9.17) is 10.5 Å². The van der Waals surface area contributed by atoms with Gasteiger partial charge in [-0.2, -0.15) is 0 Å². The smallest absolute Gasteiger partial charge is 0.0578 e. The molecule has 1 aromatic rings. The van der Waals surface area contributed by atoms with E-state index in [2.05, 4.69) is 18.3 Å². The van der Waals surface area contributed by atoms with Gasteiger partial charge in [0, 0.05) is 19.3 Å². The fraction of sp³-hybridized carbons (Fsp3) is 0.500. The van der Waals surface area contributed by atoms with Crippen LogP contribution in [0.15, 0.2) is 18.2 Å². The molecule has 0 amide bonds. The van der Waals surface area contributed by atoms with Crippen LogP contribution in [-0.2, 0) is 4.74 Å². The van der Waals surface area contributed by atoms with Gasteiger partial charge < -0.3 is 15.8 Å². The van der Waals surface area contributed by atoms with Crippen molar-refractivity contribution in [2.24, 2.45) is 0 Å². The van der Waals surface area contributed by atoms with Gasteiger partial charge in [-0.05, 0) is 37.5 Å². The Balaban J connectivity index is 2.05. The molecule has 0 aliphatic carbocycles. The fourth-order valence-electron chi connectivity index (χ4n) is 1.86. The number of nitrogen functional groups attached to an aromatic ring is 1. The molecule has 0 spiro atoms. The van der Waals surface area contributed by atoms with E-state index in [0.717, 1.165) is 37.4 Å². The number of hydrogen-bond acceptors (Lipinski definition) is 3. The third-order valence-corrected chi connectivity index (χ3v) is 2.79. The number of rotatable bonds is 2. The molecule has 0 unspecified atom stereocenters. The zero-order chi connectivity index (χ0) is 10.7. The van der Waals surface area contributed by atoms with Gasteiger partial charge in [0.05, 0.1) is 11.4 Å². The van der Waals surface area contributed by atoms with E-state index in [0.29, 0.717) is 6.04 Å². The second-order valence-electron chi connectivity index (χ2n) is 4.12. The van der Waals surface area contributed by atoms with Gasteiger partial charge in [-0.15, -0.1) is 0 Å². The molecular weight excluding hydrogens is 188 g/mol. The minimum Gasteiger partial charge on any atom is -0.397 e. The summed E-state index contributed by atoms with van der Waals surface area (Å²) in [6.07, 6.45) is 2.13. The molecule has 0 bridgehead atoms. The van der Waals surface area contributed by atoms with Crippen LogP contribution in [0.4, 0.5) is 11.4 Å². The lowest BCUT2D eigenvalue weighted by Crippen LogP contribution is -2.28. The summed E-state index contributed by atoms with van der Waals surface area (Å²) in [7, 11) is 0. The van der Waals surface area contributed by atoms with Gasteiger partial charge in [-0.1, -0.05) is 6.07 Å². The van der Waals surface area contributed by atoms with Crippen LogP contribution in [0.3, 0.4) is 0 Å². The fourth-order valence-corrected chi connectivity index (χ4v) is 1.86. The molecule has 0 atom stereocenters. The highest BCUT2D eigenvalue weighted by molar-refractivity contribution is 5.67.